The average Bonchev–Trinajstić information content (AvgIpc) is 3.41. The van der Waals surface area contributed by atoms with Gasteiger partial charge in [-0.3, -0.25) is 9.69 Å². The van der Waals surface area contributed by atoms with Gasteiger partial charge in [-0.05, 0) is 24.3 Å². The number of hydrogen-bond donors (Lipinski definition) is 1. The summed E-state index contributed by atoms with van der Waals surface area (Å²) in [4.78, 5) is 28.0. The molecule has 29 heavy (non-hydrogen) atoms. The number of nitrogens with one attached hydrogen (secondary N) is 1. The number of fused-ring (bicyclic) bond motifs is 1. The van der Waals surface area contributed by atoms with Crippen molar-refractivity contribution >= 4 is 22.9 Å². The molecule has 8 heteroatoms. The van der Waals surface area contributed by atoms with Crippen LogP contribution in [-0.2, 0) is 19.5 Å². The van der Waals surface area contributed by atoms with Crippen LogP contribution >= 0.6 is 22.9 Å². The smallest absolute Gasteiger partial charge is 0.256 e. The first-order valence-corrected chi connectivity index (χ1v) is 10.4. The van der Waals surface area contributed by atoms with E-state index in [4.69, 9.17) is 16.0 Å². The third-order valence-electron chi connectivity index (χ3n) is 4.93. The summed E-state index contributed by atoms with van der Waals surface area (Å²) in [6.07, 6.45) is 4.21. The lowest BCUT2D eigenvalue weighted by atomic mass is 10.1. The number of thiazole rings is 1. The van der Waals surface area contributed by atoms with E-state index in [2.05, 4.69) is 19.9 Å². The molecule has 0 amide bonds. The van der Waals surface area contributed by atoms with Gasteiger partial charge in [-0.15, -0.1) is 11.3 Å². The third-order valence-corrected chi connectivity index (χ3v) is 6.21. The fraction of sp³-hybridized carbons (Fsp3) is 0.190. The zero-order chi connectivity index (χ0) is 19.8. The number of hydrogen-bond acceptors (Lipinski definition) is 6. The largest absolute Gasteiger partial charge is 0.461 e. The molecule has 0 radical (unpaired) electrons. The Morgan fingerprint density at radius 1 is 1.24 bits per heavy atom. The highest BCUT2D eigenvalue weighted by Gasteiger charge is 2.22. The Morgan fingerprint density at radius 2 is 2.10 bits per heavy atom. The molecule has 146 valence electrons. The lowest BCUT2D eigenvalue weighted by Crippen LogP contribution is -2.35. The predicted octanol–water partition coefficient (Wildman–Crippen LogP) is 4.37. The van der Waals surface area contributed by atoms with Crippen LogP contribution in [0.1, 0.15) is 16.1 Å². The first-order valence-electron chi connectivity index (χ1n) is 9.24. The zero-order valence-corrected chi connectivity index (χ0v) is 17.0. The summed E-state index contributed by atoms with van der Waals surface area (Å²) in [6, 6.07) is 11.3. The Morgan fingerprint density at radius 3 is 2.90 bits per heavy atom. The second-order valence-electron chi connectivity index (χ2n) is 6.92. The maximum absolute atomic E-state index is 12.6. The normalized spacial score (nSPS) is 14.1. The molecule has 1 aromatic carbocycles. The van der Waals surface area contributed by atoms with E-state index in [9.17, 15) is 4.79 Å². The van der Waals surface area contributed by atoms with Gasteiger partial charge >= 0.3 is 0 Å². The van der Waals surface area contributed by atoms with Gasteiger partial charge in [0.1, 0.15) is 5.01 Å². The number of furan rings is 1. The molecule has 0 atom stereocenters. The van der Waals surface area contributed by atoms with Crippen LogP contribution in [-0.4, -0.2) is 26.4 Å². The maximum atomic E-state index is 12.6. The van der Waals surface area contributed by atoms with Crippen LogP contribution in [0.3, 0.4) is 0 Å². The summed E-state index contributed by atoms with van der Waals surface area (Å²) in [5, 5.41) is 1.68. The highest BCUT2D eigenvalue weighted by molar-refractivity contribution is 7.15. The first kappa shape index (κ1) is 18.3. The molecule has 0 fully saturated rings. The van der Waals surface area contributed by atoms with Gasteiger partial charge in [-0.25, -0.2) is 9.97 Å². The van der Waals surface area contributed by atoms with E-state index in [1.165, 1.54) is 0 Å². The summed E-state index contributed by atoms with van der Waals surface area (Å²) in [6.45, 7) is 2.17. The van der Waals surface area contributed by atoms with Gasteiger partial charge in [-0.2, -0.15) is 0 Å². The highest BCUT2D eigenvalue weighted by atomic mass is 35.5. The van der Waals surface area contributed by atoms with Crippen LogP contribution in [0.5, 0.6) is 0 Å². The number of rotatable bonds is 4. The molecule has 0 unspecified atom stereocenters. The summed E-state index contributed by atoms with van der Waals surface area (Å²) < 4.78 is 5.36. The van der Waals surface area contributed by atoms with E-state index in [0.29, 0.717) is 23.2 Å². The van der Waals surface area contributed by atoms with Crippen LogP contribution in [0.2, 0.25) is 5.02 Å². The number of halogens is 1. The minimum atomic E-state index is -0.0998. The lowest BCUT2D eigenvalue weighted by Gasteiger charge is -2.26. The Bertz CT molecular complexity index is 1200. The number of nitrogens with zero attached hydrogens (tertiary/aromatic N) is 3. The molecule has 1 aliphatic rings. The van der Waals surface area contributed by atoms with Crippen LogP contribution in [0.25, 0.3) is 22.2 Å². The molecule has 1 aliphatic heterocycles. The molecule has 0 saturated carbocycles. The van der Waals surface area contributed by atoms with Gasteiger partial charge < -0.3 is 9.40 Å². The second kappa shape index (κ2) is 7.59. The standard InChI is InChI=1S/C21H17ClN4O2S/c22-14-5-3-13(4-6-14)21-23-10-15(29-21)11-26-8-7-17-16(12-26)20(27)25-19(24-17)18-2-1-9-28-18/h1-6,9-10H,7-8,11-12H2,(H,24,25,27). The van der Waals surface area contributed by atoms with Crippen molar-refractivity contribution in [2.24, 2.45) is 0 Å². The molecule has 4 aromatic rings. The third kappa shape index (κ3) is 3.76. The monoisotopic (exact) mass is 424 g/mol. The summed E-state index contributed by atoms with van der Waals surface area (Å²) in [5.74, 6) is 1.06. The molecule has 4 heterocycles. The number of aromatic amines is 1. The van der Waals surface area contributed by atoms with Gasteiger partial charge in [0, 0.05) is 47.7 Å². The minimum absolute atomic E-state index is 0.0998. The summed E-state index contributed by atoms with van der Waals surface area (Å²) in [7, 11) is 0. The highest BCUT2D eigenvalue weighted by Crippen LogP contribution is 2.28. The van der Waals surface area contributed by atoms with Crippen molar-refractivity contribution in [1.29, 1.82) is 0 Å². The molecule has 1 N–H and O–H groups in total. The molecule has 0 saturated heterocycles. The predicted molar refractivity (Wildman–Crippen MR) is 113 cm³/mol. The zero-order valence-electron chi connectivity index (χ0n) is 15.4. The number of aromatic nitrogens is 3. The Labute approximate surface area is 175 Å². The van der Waals surface area contributed by atoms with E-state index in [1.54, 1.807) is 29.7 Å². The van der Waals surface area contributed by atoms with Crippen LogP contribution in [0.4, 0.5) is 0 Å². The fourth-order valence-electron chi connectivity index (χ4n) is 3.47. The van der Waals surface area contributed by atoms with Crippen molar-refractivity contribution in [3.63, 3.8) is 0 Å². The first-order chi connectivity index (χ1) is 14.2. The van der Waals surface area contributed by atoms with E-state index in [1.807, 2.05) is 30.5 Å². The van der Waals surface area contributed by atoms with Gasteiger partial charge in [0.05, 0.1) is 17.5 Å². The maximum Gasteiger partial charge on any atom is 0.256 e. The number of H-pyrrole nitrogens is 1. The van der Waals surface area contributed by atoms with Crippen molar-refractivity contribution in [3.05, 3.63) is 80.4 Å². The minimum Gasteiger partial charge on any atom is -0.461 e. The van der Waals surface area contributed by atoms with Gasteiger partial charge in [0.15, 0.2) is 11.6 Å². The van der Waals surface area contributed by atoms with Crippen LogP contribution in [0, 0.1) is 0 Å². The van der Waals surface area contributed by atoms with E-state index in [0.717, 1.165) is 46.2 Å². The summed E-state index contributed by atoms with van der Waals surface area (Å²) in [5.41, 5.74) is 2.54. The SMILES string of the molecule is O=c1[nH]c(-c2ccco2)nc2c1CN(Cc1cnc(-c3ccc(Cl)cc3)s1)CC2. The van der Waals surface area contributed by atoms with E-state index in [-0.39, 0.29) is 5.56 Å². The van der Waals surface area contributed by atoms with Gasteiger partial charge in [0.25, 0.3) is 5.56 Å². The molecular formula is C21H17ClN4O2S. The topological polar surface area (TPSA) is 75.0 Å². The van der Waals surface area contributed by atoms with Gasteiger partial charge in [0.2, 0.25) is 0 Å². The molecule has 0 bridgehead atoms. The molecule has 6 nitrogen and oxygen atoms in total. The second-order valence-corrected chi connectivity index (χ2v) is 8.47. The molecule has 5 rings (SSSR count). The van der Waals surface area contributed by atoms with Crippen molar-refractivity contribution in [2.45, 2.75) is 19.5 Å². The van der Waals surface area contributed by atoms with Gasteiger partial charge in [-0.1, -0.05) is 23.7 Å². The number of benzene rings is 1. The molecule has 0 aliphatic carbocycles. The fourth-order valence-corrected chi connectivity index (χ4v) is 4.56. The van der Waals surface area contributed by atoms with Crippen molar-refractivity contribution < 1.29 is 4.42 Å². The van der Waals surface area contributed by atoms with E-state index >= 15 is 0 Å². The van der Waals surface area contributed by atoms with Crippen molar-refractivity contribution in [3.8, 4) is 22.2 Å². The summed E-state index contributed by atoms with van der Waals surface area (Å²) >= 11 is 7.63. The Kier molecular flexibility index (Phi) is 4.79. The average molecular weight is 425 g/mol. The van der Waals surface area contributed by atoms with Crippen LogP contribution in [0.15, 0.2) is 58.1 Å². The molecular weight excluding hydrogens is 408 g/mol. The Balaban J connectivity index is 1.33. The van der Waals surface area contributed by atoms with Crippen LogP contribution < -0.4 is 5.56 Å². The van der Waals surface area contributed by atoms with Crippen molar-refractivity contribution in [2.75, 3.05) is 6.54 Å². The quantitative estimate of drug-likeness (QED) is 0.526. The lowest BCUT2D eigenvalue weighted by molar-refractivity contribution is 0.244. The Hall–Kier alpha value is -2.74. The molecule has 0 spiro atoms. The van der Waals surface area contributed by atoms with Crippen molar-refractivity contribution in [1.82, 2.24) is 19.9 Å². The molecule has 3 aromatic heterocycles. The van der Waals surface area contributed by atoms with E-state index < -0.39 is 0 Å².